The molecule has 0 aromatic carbocycles. The summed E-state index contributed by atoms with van der Waals surface area (Å²) in [6.07, 6.45) is 11.0. The molecule has 2 bridgehead atoms. The van der Waals surface area contributed by atoms with Crippen molar-refractivity contribution in [3.8, 4) is 0 Å². The highest BCUT2D eigenvalue weighted by Gasteiger charge is 2.44. The van der Waals surface area contributed by atoms with Gasteiger partial charge in [0.05, 0.1) is 5.39 Å². The summed E-state index contributed by atoms with van der Waals surface area (Å²) in [5.74, 6) is 1.05. The number of rotatable bonds is 4. The second-order valence-electron chi connectivity index (χ2n) is 9.96. The van der Waals surface area contributed by atoms with Crippen molar-refractivity contribution in [1.29, 1.82) is 0 Å². The van der Waals surface area contributed by atoms with Gasteiger partial charge < -0.3 is 4.90 Å². The standard InChI is InChI=1S/C23H30ClFN6/c1-29-15-4-5-16(29)14-30(13-15)22-17-12-26-21(24)19(25)20(17)27-18(28-22)6-9-23-7-2-10-31(23)11-3-8-23/h12,15-16H,2-11,13-14H2,1H3. The van der Waals surface area contributed by atoms with E-state index in [0.717, 1.165) is 37.6 Å². The van der Waals surface area contributed by atoms with Crippen molar-refractivity contribution in [2.24, 2.45) is 0 Å². The third kappa shape index (κ3) is 3.23. The molecule has 0 radical (unpaired) electrons. The normalized spacial score (nSPS) is 28.0. The Hall–Kier alpha value is -1.57. The summed E-state index contributed by atoms with van der Waals surface area (Å²) in [6.45, 7) is 4.26. The fourth-order valence-corrected chi connectivity index (χ4v) is 6.82. The largest absolute Gasteiger partial charge is 0.353 e. The second-order valence-corrected chi connectivity index (χ2v) is 10.3. The highest BCUT2D eigenvalue weighted by Crippen LogP contribution is 2.42. The van der Waals surface area contributed by atoms with Crippen LogP contribution in [0.1, 0.15) is 50.8 Å². The van der Waals surface area contributed by atoms with Crippen LogP contribution >= 0.6 is 11.6 Å². The Labute approximate surface area is 187 Å². The Morgan fingerprint density at radius 2 is 1.84 bits per heavy atom. The van der Waals surface area contributed by atoms with E-state index in [1.807, 2.05) is 0 Å². The zero-order valence-corrected chi connectivity index (χ0v) is 18.9. The number of likely N-dealkylation sites (N-methyl/N-ethyl adjacent to an activating group) is 1. The molecule has 4 aliphatic heterocycles. The van der Waals surface area contributed by atoms with Gasteiger partial charge in [0.25, 0.3) is 0 Å². The number of halogens is 2. The first-order chi connectivity index (χ1) is 15.0. The molecule has 6 heterocycles. The number of aryl methyl sites for hydroxylation is 1. The first-order valence-corrected chi connectivity index (χ1v) is 12.1. The quantitative estimate of drug-likeness (QED) is 0.671. The van der Waals surface area contributed by atoms with Crippen molar-refractivity contribution in [3.05, 3.63) is 23.0 Å². The molecule has 2 atom stereocenters. The van der Waals surface area contributed by atoms with Crippen molar-refractivity contribution < 1.29 is 4.39 Å². The number of pyridine rings is 1. The van der Waals surface area contributed by atoms with E-state index in [9.17, 15) is 4.39 Å². The number of anilines is 1. The van der Waals surface area contributed by atoms with E-state index in [1.165, 1.54) is 51.6 Å². The van der Waals surface area contributed by atoms with Crippen LogP contribution in [0.5, 0.6) is 0 Å². The second kappa shape index (κ2) is 7.49. The van der Waals surface area contributed by atoms with E-state index in [-0.39, 0.29) is 5.15 Å². The van der Waals surface area contributed by atoms with Gasteiger partial charge in [-0.05, 0) is 65.1 Å². The lowest BCUT2D eigenvalue weighted by Crippen LogP contribution is -2.52. The number of fused-ring (bicyclic) bond motifs is 4. The zero-order chi connectivity index (χ0) is 21.2. The van der Waals surface area contributed by atoms with Crippen molar-refractivity contribution in [3.63, 3.8) is 0 Å². The van der Waals surface area contributed by atoms with Crippen molar-refractivity contribution in [2.75, 3.05) is 38.1 Å². The van der Waals surface area contributed by atoms with Gasteiger partial charge in [0.1, 0.15) is 17.2 Å². The topological polar surface area (TPSA) is 48.4 Å². The van der Waals surface area contributed by atoms with Crippen molar-refractivity contribution >= 4 is 28.3 Å². The molecule has 166 valence electrons. The first-order valence-electron chi connectivity index (χ1n) is 11.8. The summed E-state index contributed by atoms with van der Waals surface area (Å²) in [5.41, 5.74) is 0.623. The van der Waals surface area contributed by atoms with E-state index < -0.39 is 5.82 Å². The number of piperazine rings is 1. The summed E-state index contributed by atoms with van der Waals surface area (Å²) >= 11 is 6.03. The molecule has 0 amide bonds. The average Bonchev–Trinajstić information content (AvgIpc) is 3.39. The summed E-state index contributed by atoms with van der Waals surface area (Å²) in [4.78, 5) is 21.2. The maximum absolute atomic E-state index is 15.0. The molecule has 2 aromatic heterocycles. The van der Waals surface area contributed by atoms with Gasteiger partial charge in [0.15, 0.2) is 11.0 Å². The van der Waals surface area contributed by atoms with E-state index >= 15 is 0 Å². The van der Waals surface area contributed by atoms with Gasteiger partial charge >= 0.3 is 0 Å². The average molecular weight is 445 g/mol. The third-order valence-corrected chi connectivity index (χ3v) is 8.70. The predicted molar refractivity (Wildman–Crippen MR) is 120 cm³/mol. The Morgan fingerprint density at radius 1 is 1.13 bits per heavy atom. The van der Waals surface area contributed by atoms with Crippen LogP contribution in [-0.4, -0.2) is 75.6 Å². The fraction of sp³-hybridized carbons (Fsp3) is 0.696. The molecular formula is C23H30ClFN6. The molecule has 4 aliphatic rings. The lowest BCUT2D eigenvalue weighted by Gasteiger charge is -2.40. The molecule has 6 rings (SSSR count). The van der Waals surface area contributed by atoms with Crippen molar-refractivity contribution in [2.45, 2.75) is 69.0 Å². The highest BCUT2D eigenvalue weighted by atomic mass is 35.5. The lowest BCUT2D eigenvalue weighted by molar-refractivity contribution is 0.181. The lowest BCUT2D eigenvalue weighted by atomic mass is 9.89. The summed E-state index contributed by atoms with van der Waals surface area (Å²) in [7, 11) is 2.22. The maximum Gasteiger partial charge on any atom is 0.186 e. The zero-order valence-electron chi connectivity index (χ0n) is 18.2. The van der Waals surface area contributed by atoms with Gasteiger partial charge in [0, 0.05) is 43.3 Å². The molecule has 8 heteroatoms. The van der Waals surface area contributed by atoms with Crippen LogP contribution in [-0.2, 0) is 6.42 Å². The van der Waals surface area contributed by atoms with Gasteiger partial charge in [-0.2, -0.15) is 0 Å². The van der Waals surface area contributed by atoms with Gasteiger partial charge in [-0.1, -0.05) is 11.6 Å². The molecule has 4 fully saturated rings. The van der Waals surface area contributed by atoms with Crippen LogP contribution < -0.4 is 4.90 Å². The summed E-state index contributed by atoms with van der Waals surface area (Å²) in [5, 5.41) is 0.564. The van der Waals surface area contributed by atoms with Gasteiger partial charge in [0.2, 0.25) is 0 Å². The molecular weight excluding hydrogens is 415 g/mol. The number of aromatic nitrogens is 3. The van der Waals surface area contributed by atoms with Gasteiger partial charge in [-0.25, -0.2) is 19.3 Å². The minimum atomic E-state index is -0.525. The molecule has 2 aromatic rings. The molecule has 2 unspecified atom stereocenters. The molecule has 0 saturated carbocycles. The SMILES string of the molecule is CN1C2CCC1CN(c1nc(CCC34CCCN3CCC4)nc3c(F)c(Cl)ncc13)C2. The summed E-state index contributed by atoms with van der Waals surface area (Å²) < 4.78 is 15.0. The Bertz CT molecular complexity index is 991. The van der Waals surface area contributed by atoms with Crippen LogP contribution in [0, 0.1) is 5.82 Å². The Balaban J connectivity index is 1.36. The van der Waals surface area contributed by atoms with Gasteiger partial charge in [-0.3, -0.25) is 9.80 Å². The Morgan fingerprint density at radius 3 is 2.55 bits per heavy atom. The first kappa shape index (κ1) is 20.1. The van der Waals surface area contributed by atoms with E-state index in [0.29, 0.717) is 28.5 Å². The van der Waals surface area contributed by atoms with Gasteiger partial charge in [-0.15, -0.1) is 0 Å². The van der Waals surface area contributed by atoms with Crippen LogP contribution in [0.15, 0.2) is 6.20 Å². The minimum absolute atomic E-state index is 0.113. The smallest absolute Gasteiger partial charge is 0.186 e. The number of hydrogen-bond donors (Lipinski definition) is 0. The molecule has 0 N–H and O–H groups in total. The molecule has 31 heavy (non-hydrogen) atoms. The molecule has 0 aliphatic carbocycles. The number of hydrogen-bond acceptors (Lipinski definition) is 6. The fourth-order valence-electron chi connectivity index (χ4n) is 6.68. The van der Waals surface area contributed by atoms with Crippen LogP contribution in [0.25, 0.3) is 10.9 Å². The summed E-state index contributed by atoms with van der Waals surface area (Å²) in [6, 6.07) is 1.06. The number of nitrogens with zero attached hydrogens (tertiary/aromatic N) is 6. The maximum atomic E-state index is 15.0. The van der Waals surface area contributed by atoms with E-state index in [4.69, 9.17) is 16.6 Å². The van der Waals surface area contributed by atoms with Crippen LogP contribution in [0.2, 0.25) is 5.15 Å². The van der Waals surface area contributed by atoms with Crippen LogP contribution in [0.3, 0.4) is 0 Å². The van der Waals surface area contributed by atoms with E-state index in [2.05, 4.69) is 31.7 Å². The molecule has 6 nitrogen and oxygen atoms in total. The van der Waals surface area contributed by atoms with Crippen LogP contribution in [0.4, 0.5) is 10.2 Å². The predicted octanol–water partition coefficient (Wildman–Crippen LogP) is 3.66. The van der Waals surface area contributed by atoms with Crippen molar-refractivity contribution in [1.82, 2.24) is 24.8 Å². The Kier molecular flexibility index (Phi) is 4.85. The van der Waals surface area contributed by atoms with E-state index in [1.54, 1.807) is 6.20 Å². The minimum Gasteiger partial charge on any atom is -0.353 e. The molecule has 4 saturated heterocycles. The third-order valence-electron chi connectivity index (χ3n) is 8.44. The monoisotopic (exact) mass is 444 g/mol. The molecule has 0 spiro atoms. The highest BCUT2D eigenvalue weighted by molar-refractivity contribution is 6.30.